The summed E-state index contributed by atoms with van der Waals surface area (Å²) >= 11 is 3.49. The van der Waals surface area contributed by atoms with Crippen molar-refractivity contribution < 1.29 is 9.47 Å². The summed E-state index contributed by atoms with van der Waals surface area (Å²) in [6.07, 6.45) is 8.77. The molecule has 0 spiro atoms. The minimum Gasteiger partial charge on any atom is -0.465 e. The zero-order valence-corrected chi connectivity index (χ0v) is 12.1. The predicted octanol–water partition coefficient (Wildman–Crippen LogP) is 4.45. The first-order valence-electron chi connectivity index (χ1n) is 6.92. The van der Waals surface area contributed by atoms with E-state index < -0.39 is 0 Å². The fraction of sp³-hybridized carbons (Fsp3) is 0.600. The molecule has 2 aliphatic rings. The van der Waals surface area contributed by atoms with Gasteiger partial charge in [0.1, 0.15) is 5.75 Å². The van der Waals surface area contributed by atoms with Crippen molar-refractivity contribution in [1.82, 2.24) is 0 Å². The molecule has 1 heterocycles. The summed E-state index contributed by atoms with van der Waals surface area (Å²) in [4.78, 5) is 0. The van der Waals surface area contributed by atoms with Crippen molar-refractivity contribution in [2.75, 3.05) is 0 Å². The lowest BCUT2D eigenvalue weighted by atomic mass is 9.97. The van der Waals surface area contributed by atoms with Gasteiger partial charge in [-0.3, -0.25) is 0 Å². The lowest BCUT2D eigenvalue weighted by Gasteiger charge is -2.31. The highest BCUT2D eigenvalue weighted by Crippen LogP contribution is 2.32. The molecule has 1 aromatic rings. The van der Waals surface area contributed by atoms with Gasteiger partial charge in [-0.25, -0.2) is 0 Å². The topological polar surface area (TPSA) is 18.5 Å². The fourth-order valence-corrected chi connectivity index (χ4v) is 3.17. The first-order valence-corrected chi connectivity index (χ1v) is 7.71. The van der Waals surface area contributed by atoms with E-state index in [1.807, 2.05) is 6.07 Å². The summed E-state index contributed by atoms with van der Waals surface area (Å²) in [7, 11) is 0. The Morgan fingerprint density at radius 1 is 1.11 bits per heavy atom. The molecule has 1 aliphatic heterocycles. The Hall–Kier alpha value is -0.540. The third-order valence-corrected chi connectivity index (χ3v) is 4.33. The summed E-state index contributed by atoms with van der Waals surface area (Å²) in [5, 5.41) is 0. The van der Waals surface area contributed by atoms with E-state index in [2.05, 4.69) is 28.1 Å². The minimum absolute atomic E-state index is 0.0464. The maximum absolute atomic E-state index is 6.09. The summed E-state index contributed by atoms with van der Waals surface area (Å²) in [6, 6.07) is 6.26. The van der Waals surface area contributed by atoms with Gasteiger partial charge < -0.3 is 9.47 Å². The molecule has 0 amide bonds. The van der Waals surface area contributed by atoms with E-state index in [0.29, 0.717) is 6.10 Å². The summed E-state index contributed by atoms with van der Waals surface area (Å²) < 4.78 is 13.1. The molecule has 3 heteroatoms. The highest BCUT2D eigenvalue weighted by Gasteiger charge is 2.24. The van der Waals surface area contributed by atoms with Crippen molar-refractivity contribution in [3.05, 3.63) is 28.2 Å². The first-order chi connectivity index (χ1) is 8.81. The van der Waals surface area contributed by atoms with Gasteiger partial charge in [0.2, 0.25) is 0 Å². The van der Waals surface area contributed by atoms with Gasteiger partial charge in [-0.05, 0) is 37.0 Å². The largest absolute Gasteiger partial charge is 0.465 e. The average Bonchev–Trinajstić information content (AvgIpc) is 2.39. The predicted molar refractivity (Wildman–Crippen MR) is 74.8 cm³/mol. The molecule has 1 aliphatic carbocycles. The lowest BCUT2D eigenvalue weighted by Crippen LogP contribution is -2.31. The van der Waals surface area contributed by atoms with E-state index in [1.165, 1.54) is 37.7 Å². The summed E-state index contributed by atoms with van der Waals surface area (Å²) in [5.41, 5.74) is 1.29. The average molecular weight is 311 g/mol. The summed E-state index contributed by atoms with van der Waals surface area (Å²) in [6.45, 7) is 0. The van der Waals surface area contributed by atoms with E-state index in [1.54, 1.807) is 0 Å². The van der Waals surface area contributed by atoms with Crippen molar-refractivity contribution in [2.24, 2.45) is 0 Å². The molecular weight excluding hydrogens is 292 g/mol. The zero-order valence-electron chi connectivity index (χ0n) is 10.5. The molecule has 0 aromatic heterocycles. The van der Waals surface area contributed by atoms with Gasteiger partial charge in [0.05, 0.1) is 6.10 Å². The number of benzene rings is 1. The fourth-order valence-electron chi connectivity index (χ4n) is 2.83. The number of aryl methyl sites for hydroxylation is 1. The smallest absolute Gasteiger partial charge is 0.200 e. The Kier molecular flexibility index (Phi) is 3.90. The van der Waals surface area contributed by atoms with Crippen LogP contribution in [-0.2, 0) is 11.2 Å². The van der Waals surface area contributed by atoms with Crippen LogP contribution in [0.15, 0.2) is 22.7 Å². The van der Waals surface area contributed by atoms with E-state index in [0.717, 1.165) is 23.1 Å². The number of rotatable bonds is 2. The third kappa shape index (κ3) is 2.89. The molecule has 0 N–H and O–H groups in total. The van der Waals surface area contributed by atoms with Crippen LogP contribution in [0, 0.1) is 0 Å². The van der Waals surface area contributed by atoms with Crippen LogP contribution in [0.3, 0.4) is 0 Å². The second kappa shape index (κ2) is 5.62. The van der Waals surface area contributed by atoms with E-state index in [-0.39, 0.29) is 6.29 Å². The maximum atomic E-state index is 6.09. The molecule has 1 atom stereocenters. The van der Waals surface area contributed by atoms with Gasteiger partial charge in [0.25, 0.3) is 0 Å². The Bertz CT molecular complexity index is 413. The second-order valence-electron chi connectivity index (χ2n) is 5.23. The Morgan fingerprint density at radius 2 is 1.94 bits per heavy atom. The van der Waals surface area contributed by atoms with Gasteiger partial charge >= 0.3 is 0 Å². The lowest BCUT2D eigenvalue weighted by molar-refractivity contribution is -0.136. The molecule has 2 nitrogen and oxygen atoms in total. The first kappa shape index (κ1) is 12.5. The molecule has 1 aromatic carbocycles. The van der Waals surface area contributed by atoms with E-state index in [9.17, 15) is 0 Å². The zero-order chi connectivity index (χ0) is 12.4. The monoisotopic (exact) mass is 310 g/mol. The van der Waals surface area contributed by atoms with Crippen molar-refractivity contribution in [3.8, 4) is 5.75 Å². The maximum Gasteiger partial charge on any atom is 0.200 e. The van der Waals surface area contributed by atoms with Crippen molar-refractivity contribution in [2.45, 2.75) is 57.3 Å². The molecule has 3 rings (SSSR count). The van der Waals surface area contributed by atoms with E-state index in [4.69, 9.17) is 9.47 Å². The molecule has 0 bridgehead atoms. The molecule has 1 unspecified atom stereocenters. The number of fused-ring (bicyclic) bond motifs is 1. The number of hydrogen-bond acceptors (Lipinski definition) is 2. The molecule has 1 saturated carbocycles. The molecule has 98 valence electrons. The number of ether oxygens (including phenoxy) is 2. The van der Waals surface area contributed by atoms with Crippen LogP contribution in [0.2, 0.25) is 0 Å². The molecule has 1 fully saturated rings. The van der Waals surface area contributed by atoms with Gasteiger partial charge in [0, 0.05) is 10.9 Å². The van der Waals surface area contributed by atoms with Crippen LogP contribution in [0.5, 0.6) is 5.75 Å². The van der Waals surface area contributed by atoms with Gasteiger partial charge in [-0.2, -0.15) is 0 Å². The highest BCUT2D eigenvalue weighted by atomic mass is 79.9. The Balaban J connectivity index is 1.63. The SMILES string of the molecule is Brc1ccc2c(c1)OC(OC1CCCCC1)CC2. The normalized spacial score (nSPS) is 24.4. The minimum atomic E-state index is -0.0464. The quantitative estimate of drug-likeness (QED) is 0.803. The van der Waals surface area contributed by atoms with Crippen LogP contribution in [-0.4, -0.2) is 12.4 Å². The Labute approximate surface area is 117 Å². The molecule has 0 radical (unpaired) electrons. The third-order valence-electron chi connectivity index (χ3n) is 3.83. The summed E-state index contributed by atoms with van der Waals surface area (Å²) in [5.74, 6) is 0.983. The molecular formula is C15H19BrO2. The number of hydrogen-bond donors (Lipinski definition) is 0. The number of halogens is 1. The van der Waals surface area contributed by atoms with Gasteiger partial charge in [0.15, 0.2) is 6.29 Å². The van der Waals surface area contributed by atoms with Crippen molar-refractivity contribution in [1.29, 1.82) is 0 Å². The van der Waals surface area contributed by atoms with Crippen molar-refractivity contribution >= 4 is 15.9 Å². The van der Waals surface area contributed by atoms with Crippen molar-refractivity contribution in [3.63, 3.8) is 0 Å². The van der Waals surface area contributed by atoms with Gasteiger partial charge in [-0.15, -0.1) is 0 Å². The molecule has 0 saturated heterocycles. The van der Waals surface area contributed by atoms with Gasteiger partial charge in [-0.1, -0.05) is 41.3 Å². The second-order valence-corrected chi connectivity index (χ2v) is 6.15. The standard InChI is InChI=1S/C15H19BrO2/c16-12-8-6-11-7-9-15(18-14(11)10-12)17-13-4-2-1-3-5-13/h6,8,10,13,15H,1-5,7,9H2. The van der Waals surface area contributed by atoms with Crippen LogP contribution >= 0.6 is 15.9 Å². The van der Waals surface area contributed by atoms with E-state index >= 15 is 0 Å². The van der Waals surface area contributed by atoms with Crippen LogP contribution in [0.1, 0.15) is 44.1 Å². The molecule has 18 heavy (non-hydrogen) atoms. The van der Waals surface area contributed by atoms with Crippen LogP contribution < -0.4 is 4.74 Å². The Morgan fingerprint density at radius 3 is 2.78 bits per heavy atom. The van der Waals surface area contributed by atoms with Crippen LogP contribution in [0.4, 0.5) is 0 Å². The van der Waals surface area contributed by atoms with Crippen LogP contribution in [0.25, 0.3) is 0 Å². The highest BCUT2D eigenvalue weighted by molar-refractivity contribution is 9.10.